The predicted molar refractivity (Wildman–Crippen MR) is 134 cm³/mol. The second-order valence-corrected chi connectivity index (χ2v) is 8.29. The number of rotatable bonds is 8. The van der Waals surface area contributed by atoms with Gasteiger partial charge in [-0.2, -0.15) is 0 Å². The first-order valence-corrected chi connectivity index (χ1v) is 11.1. The van der Waals surface area contributed by atoms with Crippen molar-refractivity contribution in [1.29, 1.82) is 0 Å². The van der Waals surface area contributed by atoms with Crippen molar-refractivity contribution in [3.63, 3.8) is 0 Å². The fourth-order valence-corrected chi connectivity index (χ4v) is 4.11. The average Bonchev–Trinajstić information content (AvgIpc) is 2.86. The van der Waals surface area contributed by atoms with Crippen molar-refractivity contribution in [2.75, 3.05) is 27.7 Å². The topological polar surface area (TPSA) is 76.5 Å². The Morgan fingerprint density at radius 1 is 1.06 bits per heavy atom. The number of pyridine rings is 2. The Bertz CT molecular complexity index is 1350. The largest absolute Gasteiger partial charge is 0.497 e. The SMILES string of the molecule is COc1ccc2c(=O)n(CCNC(=O)c3cccnc3)c(CN(C)C)c(-c3ccccc3)c2c1. The first-order chi connectivity index (χ1) is 16.5. The van der Waals surface area contributed by atoms with E-state index in [0.29, 0.717) is 36.3 Å². The molecule has 2 aromatic heterocycles. The highest BCUT2D eigenvalue weighted by molar-refractivity contribution is 5.98. The highest BCUT2D eigenvalue weighted by Crippen LogP contribution is 2.33. The molecule has 1 N–H and O–H groups in total. The average molecular weight is 457 g/mol. The van der Waals surface area contributed by atoms with Crippen LogP contribution >= 0.6 is 0 Å². The summed E-state index contributed by atoms with van der Waals surface area (Å²) in [4.78, 5) is 32.2. The molecule has 1 amide bonds. The molecule has 2 heterocycles. The summed E-state index contributed by atoms with van der Waals surface area (Å²) in [6.45, 7) is 1.21. The molecule has 0 spiro atoms. The summed E-state index contributed by atoms with van der Waals surface area (Å²) in [7, 11) is 5.57. The molecule has 0 bridgehead atoms. The summed E-state index contributed by atoms with van der Waals surface area (Å²) < 4.78 is 7.24. The number of methoxy groups -OCH3 is 1. The summed E-state index contributed by atoms with van der Waals surface area (Å²) in [5.41, 5.74) is 3.29. The third kappa shape index (κ3) is 4.84. The third-order valence-electron chi connectivity index (χ3n) is 5.66. The van der Waals surface area contributed by atoms with Gasteiger partial charge in [0.1, 0.15) is 5.75 Å². The molecule has 0 aliphatic heterocycles. The molecule has 4 aromatic rings. The van der Waals surface area contributed by atoms with E-state index in [1.807, 2.05) is 61.5 Å². The van der Waals surface area contributed by atoms with E-state index < -0.39 is 0 Å². The quantitative estimate of drug-likeness (QED) is 0.439. The molecular formula is C27H28N4O3. The number of hydrogen-bond acceptors (Lipinski definition) is 5. The molecule has 34 heavy (non-hydrogen) atoms. The van der Waals surface area contributed by atoms with Gasteiger partial charge in [0.05, 0.1) is 12.7 Å². The summed E-state index contributed by atoms with van der Waals surface area (Å²) in [5.74, 6) is 0.477. The van der Waals surface area contributed by atoms with Crippen LogP contribution in [-0.2, 0) is 13.1 Å². The van der Waals surface area contributed by atoms with Gasteiger partial charge in [0.2, 0.25) is 0 Å². The molecule has 0 unspecified atom stereocenters. The van der Waals surface area contributed by atoms with E-state index in [1.165, 1.54) is 6.20 Å². The van der Waals surface area contributed by atoms with Crippen molar-refractivity contribution in [3.05, 3.63) is 94.7 Å². The maximum atomic E-state index is 13.6. The normalized spacial score (nSPS) is 11.1. The van der Waals surface area contributed by atoms with Gasteiger partial charge in [-0.05, 0) is 50.0 Å². The Morgan fingerprint density at radius 2 is 1.85 bits per heavy atom. The van der Waals surface area contributed by atoms with Crippen molar-refractivity contribution in [3.8, 4) is 16.9 Å². The van der Waals surface area contributed by atoms with Crippen LogP contribution in [0.25, 0.3) is 21.9 Å². The van der Waals surface area contributed by atoms with Crippen LogP contribution in [0.4, 0.5) is 0 Å². The number of benzene rings is 2. The van der Waals surface area contributed by atoms with Crippen molar-refractivity contribution in [1.82, 2.24) is 19.8 Å². The number of carbonyl (C=O) groups is 1. The molecule has 7 nitrogen and oxygen atoms in total. The lowest BCUT2D eigenvalue weighted by atomic mass is 9.96. The molecule has 0 saturated heterocycles. The van der Waals surface area contributed by atoms with Crippen molar-refractivity contribution in [2.24, 2.45) is 0 Å². The van der Waals surface area contributed by atoms with Gasteiger partial charge in [0, 0.05) is 54.1 Å². The zero-order valence-electron chi connectivity index (χ0n) is 19.6. The minimum atomic E-state index is -0.218. The van der Waals surface area contributed by atoms with Crippen molar-refractivity contribution in [2.45, 2.75) is 13.1 Å². The van der Waals surface area contributed by atoms with E-state index >= 15 is 0 Å². The molecule has 4 rings (SSSR count). The second kappa shape index (κ2) is 10.3. The minimum Gasteiger partial charge on any atom is -0.497 e. The van der Waals surface area contributed by atoms with Gasteiger partial charge in [0.25, 0.3) is 11.5 Å². The lowest BCUT2D eigenvalue weighted by Gasteiger charge is -2.23. The Labute approximate surface area is 198 Å². The first-order valence-electron chi connectivity index (χ1n) is 11.1. The van der Waals surface area contributed by atoms with Gasteiger partial charge in [-0.1, -0.05) is 30.3 Å². The molecule has 174 valence electrons. The lowest BCUT2D eigenvalue weighted by molar-refractivity contribution is 0.0951. The monoisotopic (exact) mass is 456 g/mol. The van der Waals surface area contributed by atoms with Crippen LogP contribution in [0.2, 0.25) is 0 Å². The summed E-state index contributed by atoms with van der Waals surface area (Å²) in [6, 6.07) is 19.0. The Morgan fingerprint density at radius 3 is 2.53 bits per heavy atom. The van der Waals surface area contributed by atoms with E-state index in [0.717, 1.165) is 22.2 Å². The Hall–Kier alpha value is -3.97. The molecular weight excluding hydrogens is 428 g/mol. The first kappa shape index (κ1) is 23.2. The van der Waals surface area contributed by atoms with Gasteiger partial charge >= 0.3 is 0 Å². The van der Waals surface area contributed by atoms with Crippen LogP contribution in [0.5, 0.6) is 5.75 Å². The van der Waals surface area contributed by atoms with Gasteiger partial charge in [-0.25, -0.2) is 0 Å². The van der Waals surface area contributed by atoms with Crippen LogP contribution in [0.15, 0.2) is 77.9 Å². The van der Waals surface area contributed by atoms with Crippen LogP contribution in [0.3, 0.4) is 0 Å². The summed E-state index contributed by atoms with van der Waals surface area (Å²) >= 11 is 0. The zero-order chi connectivity index (χ0) is 24.1. The van der Waals surface area contributed by atoms with E-state index in [4.69, 9.17) is 4.74 Å². The van der Waals surface area contributed by atoms with E-state index in [2.05, 4.69) is 10.3 Å². The fourth-order valence-electron chi connectivity index (χ4n) is 4.11. The zero-order valence-corrected chi connectivity index (χ0v) is 19.6. The molecule has 0 atom stereocenters. The number of nitrogens with zero attached hydrogens (tertiary/aromatic N) is 3. The number of aromatic nitrogens is 2. The lowest BCUT2D eigenvalue weighted by Crippen LogP contribution is -2.34. The predicted octanol–water partition coefficient (Wildman–Crippen LogP) is 3.56. The number of nitrogens with one attached hydrogen (secondary N) is 1. The van der Waals surface area contributed by atoms with E-state index in [1.54, 1.807) is 36.1 Å². The molecule has 0 radical (unpaired) electrons. The third-order valence-corrected chi connectivity index (χ3v) is 5.66. The highest BCUT2D eigenvalue weighted by atomic mass is 16.5. The number of carbonyl (C=O) groups excluding carboxylic acids is 1. The van der Waals surface area contributed by atoms with Crippen molar-refractivity contribution < 1.29 is 9.53 Å². The van der Waals surface area contributed by atoms with Gasteiger partial charge in [-0.3, -0.25) is 14.6 Å². The maximum Gasteiger partial charge on any atom is 0.258 e. The number of fused-ring (bicyclic) bond motifs is 1. The van der Waals surface area contributed by atoms with Crippen LogP contribution < -0.4 is 15.6 Å². The standard InChI is InChI=1S/C27H28N4O3/c1-30(2)18-24-25(19-8-5-4-6-9-19)23-16-21(34-3)11-12-22(23)27(33)31(24)15-14-29-26(32)20-10-7-13-28-17-20/h4-13,16-17H,14-15,18H2,1-3H3,(H,29,32). The molecule has 0 saturated carbocycles. The molecule has 2 aromatic carbocycles. The van der Waals surface area contributed by atoms with Gasteiger partial charge in [0.15, 0.2) is 0 Å². The van der Waals surface area contributed by atoms with E-state index in [9.17, 15) is 9.59 Å². The molecule has 0 aliphatic carbocycles. The van der Waals surface area contributed by atoms with Gasteiger partial charge < -0.3 is 19.5 Å². The fraction of sp³-hybridized carbons (Fsp3) is 0.222. The van der Waals surface area contributed by atoms with E-state index in [-0.39, 0.29) is 11.5 Å². The van der Waals surface area contributed by atoms with Crippen LogP contribution in [-0.4, -0.2) is 48.1 Å². The molecule has 0 fully saturated rings. The second-order valence-electron chi connectivity index (χ2n) is 8.29. The van der Waals surface area contributed by atoms with Crippen molar-refractivity contribution >= 4 is 16.7 Å². The maximum absolute atomic E-state index is 13.6. The number of hydrogen-bond donors (Lipinski definition) is 1. The van der Waals surface area contributed by atoms with Crippen LogP contribution in [0.1, 0.15) is 16.1 Å². The molecule has 0 aliphatic rings. The van der Waals surface area contributed by atoms with Crippen LogP contribution in [0, 0.1) is 0 Å². The summed E-state index contributed by atoms with van der Waals surface area (Å²) in [5, 5.41) is 4.37. The smallest absolute Gasteiger partial charge is 0.258 e. The van der Waals surface area contributed by atoms with Gasteiger partial charge in [-0.15, -0.1) is 0 Å². The number of amides is 1. The molecule has 7 heteroatoms. The Balaban J connectivity index is 1.82. The summed E-state index contributed by atoms with van der Waals surface area (Å²) in [6.07, 6.45) is 3.15. The number of ether oxygens (including phenoxy) is 1. The minimum absolute atomic E-state index is 0.0928. The Kier molecular flexibility index (Phi) is 7.04. The highest BCUT2D eigenvalue weighted by Gasteiger charge is 2.19.